The van der Waals surface area contributed by atoms with Crippen LogP contribution in [0.1, 0.15) is 18.1 Å². The molecule has 0 unspecified atom stereocenters. The highest BCUT2D eigenvalue weighted by atomic mass is 16.5. The molecule has 0 saturated carbocycles. The van der Waals surface area contributed by atoms with Crippen LogP contribution in [0.5, 0.6) is 0 Å². The number of hydrogen-bond acceptors (Lipinski definition) is 6. The summed E-state index contributed by atoms with van der Waals surface area (Å²) < 4.78 is 4.82. The Morgan fingerprint density at radius 3 is 2.62 bits per heavy atom. The van der Waals surface area contributed by atoms with Crippen LogP contribution >= 0.6 is 0 Å². The number of carbonyl (C=O) groups is 2. The van der Waals surface area contributed by atoms with Gasteiger partial charge in [0.05, 0.1) is 13.0 Å². The summed E-state index contributed by atoms with van der Waals surface area (Å²) in [6.07, 6.45) is 0.128. The minimum Gasteiger partial charge on any atom is -0.481 e. The van der Waals surface area contributed by atoms with Gasteiger partial charge in [-0.1, -0.05) is 5.16 Å². The summed E-state index contributed by atoms with van der Waals surface area (Å²) in [5, 5.41) is 15.1. The number of nitrogens with zero attached hydrogens (tertiary/aromatic N) is 4. The lowest BCUT2D eigenvalue weighted by Crippen LogP contribution is -2.51. The maximum atomic E-state index is 12.0. The van der Waals surface area contributed by atoms with E-state index in [0.29, 0.717) is 44.4 Å². The van der Waals surface area contributed by atoms with Crippen molar-refractivity contribution in [1.29, 1.82) is 0 Å². The van der Waals surface area contributed by atoms with Crippen LogP contribution in [-0.4, -0.2) is 69.8 Å². The van der Waals surface area contributed by atoms with Gasteiger partial charge < -0.3 is 19.8 Å². The van der Waals surface area contributed by atoms with Crippen molar-refractivity contribution in [2.45, 2.75) is 19.9 Å². The third kappa shape index (κ3) is 4.71. The van der Waals surface area contributed by atoms with Crippen molar-refractivity contribution < 1.29 is 19.2 Å². The average Bonchev–Trinajstić information content (AvgIpc) is 2.89. The van der Waals surface area contributed by atoms with Gasteiger partial charge in [-0.3, -0.25) is 9.69 Å². The van der Waals surface area contributed by atoms with Crippen LogP contribution in [0.25, 0.3) is 0 Å². The van der Waals surface area contributed by atoms with Gasteiger partial charge in [-0.2, -0.15) is 4.98 Å². The third-order valence-corrected chi connectivity index (χ3v) is 3.27. The lowest BCUT2D eigenvalue weighted by Gasteiger charge is -2.34. The van der Waals surface area contributed by atoms with Crippen molar-refractivity contribution in [3.05, 3.63) is 11.7 Å². The lowest BCUT2D eigenvalue weighted by atomic mass is 10.3. The fourth-order valence-electron chi connectivity index (χ4n) is 2.11. The first-order valence-corrected chi connectivity index (χ1v) is 6.80. The maximum absolute atomic E-state index is 12.0. The Hall–Kier alpha value is -2.16. The number of amides is 2. The van der Waals surface area contributed by atoms with Crippen LogP contribution in [0.4, 0.5) is 4.79 Å². The number of carboxylic acid groups (broad SMARTS) is 1. The van der Waals surface area contributed by atoms with E-state index in [-0.39, 0.29) is 19.0 Å². The van der Waals surface area contributed by atoms with Gasteiger partial charge in [0, 0.05) is 39.6 Å². The zero-order valence-corrected chi connectivity index (χ0v) is 11.9. The van der Waals surface area contributed by atoms with Gasteiger partial charge in [-0.05, 0) is 0 Å². The van der Waals surface area contributed by atoms with Gasteiger partial charge in [0.2, 0.25) is 5.89 Å². The van der Waals surface area contributed by atoms with Crippen LogP contribution in [0, 0.1) is 6.92 Å². The van der Waals surface area contributed by atoms with E-state index >= 15 is 0 Å². The average molecular weight is 297 g/mol. The van der Waals surface area contributed by atoms with Crippen molar-refractivity contribution in [2.24, 2.45) is 0 Å². The Balaban J connectivity index is 1.69. The van der Waals surface area contributed by atoms with E-state index in [2.05, 4.69) is 15.5 Å². The van der Waals surface area contributed by atoms with Gasteiger partial charge in [-0.15, -0.1) is 0 Å². The molecule has 2 amide bonds. The van der Waals surface area contributed by atoms with Crippen molar-refractivity contribution in [2.75, 3.05) is 32.7 Å². The van der Waals surface area contributed by atoms with E-state index in [4.69, 9.17) is 9.63 Å². The molecular weight excluding hydrogens is 278 g/mol. The Labute approximate surface area is 121 Å². The summed E-state index contributed by atoms with van der Waals surface area (Å²) in [7, 11) is 0. The molecular formula is C12H19N5O4. The fraction of sp³-hybridized carbons (Fsp3) is 0.667. The summed E-state index contributed by atoms with van der Waals surface area (Å²) >= 11 is 0. The first-order valence-electron chi connectivity index (χ1n) is 6.80. The molecule has 1 aliphatic rings. The predicted molar refractivity (Wildman–Crippen MR) is 71.5 cm³/mol. The number of piperazine rings is 1. The molecule has 1 aromatic rings. The maximum Gasteiger partial charge on any atom is 0.317 e. The second kappa shape index (κ2) is 7.02. The predicted octanol–water partition coefficient (Wildman–Crippen LogP) is -0.320. The summed E-state index contributed by atoms with van der Waals surface area (Å²) in [6, 6.07) is -0.171. The molecule has 2 heterocycles. The smallest absolute Gasteiger partial charge is 0.317 e. The molecule has 2 N–H and O–H groups in total. The Morgan fingerprint density at radius 1 is 1.33 bits per heavy atom. The SMILES string of the molecule is Cc1nc(CNC(=O)N2CCN(CCC(=O)O)CC2)no1. The molecule has 1 aromatic heterocycles. The second-order valence-electron chi connectivity index (χ2n) is 4.86. The summed E-state index contributed by atoms with van der Waals surface area (Å²) in [5.74, 6) is 0.109. The molecule has 9 nitrogen and oxygen atoms in total. The number of nitrogens with one attached hydrogen (secondary N) is 1. The van der Waals surface area contributed by atoms with E-state index < -0.39 is 5.97 Å². The normalized spacial score (nSPS) is 16.0. The van der Waals surface area contributed by atoms with Crippen molar-refractivity contribution in [3.8, 4) is 0 Å². The number of aryl methyl sites for hydroxylation is 1. The molecule has 9 heteroatoms. The number of urea groups is 1. The molecule has 0 aromatic carbocycles. The topological polar surface area (TPSA) is 112 Å². The fourth-order valence-corrected chi connectivity index (χ4v) is 2.11. The first-order chi connectivity index (χ1) is 10.0. The van der Waals surface area contributed by atoms with Gasteiger partial charge in [0.15, 0.2) is 5.82 Å². The van der Waals surface area contributed by atoms with Crippen LogP contribution in [-0.2, 0) is 11.3 Å². The molecule has 0 radical (unpaired) electrons. The lowest BCUT2D eigenvalue weighted by molar-refractivity contribution is -0.137. The van der Waals surface area contributed by atoms with Gasteiger partial charge in [0.25, 0.3) is 0 Å². The summed E-state index contributed by atoms with van der Waals surface area (Å²) in [4.78, 5) is 30.2. The number of carbonyl (C=O) groups excluding carboxylic acids is 1. The second-order valence-corrected chi connectivity index (χ2v) is 4.86. The third-order valence-electron chi connectivity index (χ3n) is 3.27. The minimum absolute atomic E-state index is 0.128. The van der Waals surface area contributed by atoms with E-state index in [9.17, 15) is 9.59 Å². The number of aromatic nitrogens is 2. The van der Waals surface area contributed by atoms with Crippen LogP contribution < -0.4 is 5.32 Å². The minimum atomic E-state index is -0.800. The van der Waals surface area contributed by atoms with Gasteiger partial charge in [-0.25, -0.2) is 4.79 Å². The number of hydrogen-bond donors (Lipinski definition) is 2. The molecule has 1 saturated heterocycles. The molecule has 0 aliphatic carbocycles. The van der Waals surface area contributed by atoms with Crippen molar-refractivity contribution in [1.82, 2.24) is 25.3 Å². The van der Waals surface area contributed by atoms with Gasteiger partial charge in [0.1, 0.15) is 0 Å². The number of rotatable bonds is 5. The molecule has 0 atom stereocenters. The van der Waals surface area contributed by atoms with E-state index in [1.54, 1.807) is 11.8 Å². The number of aliphatic carboxylic acids is 1. The van der Waals surface area contributed by atoms with E-state index in [1.165, 1.54) is 0 Å². The molecule has 1 fully saturated rings. The highest BCUT2D eigenvalue weighted by Crippen LogP contribution is 2.03. The van der Waals surface area contributed by atoms with Crippen molar-refractivity contribution in [3.63, 3.8) is 0 Å². The van der Waals surface area contributed by atoms with Crippen LogP contribution in [0.2, 0.25) is 0 Å². The van der Waals surface area contributed by atoms with Crippen molar-refractivity contribution >= 4 is 12.0 Å². The molecule has 1 aliphatic heterocycles. The van der Waals surface area contributed by atoms with Gasteiger partial charge >= 0.3 is 12.0 Å². The Bertz CT molecular complexity index is 496. The van der Waals surface area contributed by atoms with Crippen LogP contribution in [0.15, 0.2) is 4.52 Å². The number of carboxylic acids is 1. The molecule has 2 rings (SSSR count). The van der Waals surface area contributed by atoms with Crippen LogP contribution in [0.3, 0.4) is 0 Å². The largest absolute Gasteiger partial charge is 0.481 e. The van der Waals surface area contributed by atoms with E-state index in [0.717, 1.165) is 0 Å². The zero-order valence-electron chi connectivity index (χ0n) is 11.9. The Kier molecular flexibility index (Phi) is 5.09. The quantitative estimate of drug-likeness (QED) is 0.766. The summed E-state index contributed by atoms with van der Waals surface area (Å²) in [6.45, 7) is 4.97. The first kappa shape index (κ1) is 15.2. The Morgan fingerprint density at radius 2 is 2.05 bits per heavy atom. The van der Waals surface area contributed by atoms with E-state index in [1.807, 2.05) is 4.90 Å². The molecule has 21 heavy (non-hydrogen) atoms. The molecule has 116 valence electrons. The summed E-state index contributed by atoms with van der Waals surface area (Å²) in [5.41, 5.74) is 0. The standard InChI is InChI=1S/C12H19N5O4/c1-9-14-10(15-21-9)8-13-12(20)17-6-4-16(5-7-17)3-2-11(18)19/h2-8H2,1H3,(H,13,20)(H,18,19). The zero-order chi connectivity index (χ0) is 15.2. The molecule has 0 bridgehead atoms. The monoisotopic (exact) mass is 297 g/mol. The highest BCUT2D eigenvalue weighted by Gasteiger charge is 2.21. The highest BCUT2D eigenvalue weighted by molar-refractivity contribution is 5.74. The molecule has 0 spiro atoms.